The maximum Gasteiger partial charge on any atom is 0.414 e. The van der Waals surface area contributed by atoms with Crippen LogP contribution in [0.1, 0.15) is 17.7 Å². The third-order valence-corrected chi connectivity index (χ3v) is 6.39. The SMILES string of the molecule is COc1c(Cl)cccc1NC(=S)C1=C(NCc2ccncc2OCc2ncccc2F)CCN(C(=O)O)C1=O. The van der Waals surface area contributed by atoms with Crippen molar-refractivity contribution in [2.75, 3.05) is 19.0 Å². The van der Waals surface area contributed by atoms with E-state index < -0.39 is 17.8 Å². The number of carbonyl (C=O) groups excluding carboxylic acids is 1. The normalized spacial score (nSPS) is 13.2. The molecule has 0 radical (unpaired) electrons. The molecule has 1 aliphatic rings. The molecule has 0 fully saturated rings. The van der Waals surface area contributed by atoms with E-state index in [2.05, 4.69) is 20.6 Å². The highest BCUT2D eigenvalue weighted by Gasteiger charge is 2.34. The van der Waals surface area contributed by atoms with Crippen molar-refractivity contribution in [3.05, 3.63) is 88.4 Å². The van der Waals surface area contributed by atoms with Gasteiger partial charge in [0.1, 0.15) is 28.9 Å². The van der Waals surface area contributed by atoms with Crippen LogP contribution >= 0.6 is 23.8 Å². The van der Waals surface area contributed by atoms with Crippen LogP contribution in [0.15, 0.2) is 66.3 Å². The lowest BCUT2D eigenvalue weighted by molar-refractivity contribution is -0.125. The largest absolute Gasteiger partial charge is 0.493 e. The van der Waals surface area contributed by atoms with Crippen molar-refractivity contribution in [1.82, 2.24) is 20.2 Å². The molecule has 1 aromatic carbocycles. The molecule has 3 heterocycles. The van der Waals surface area contributed by atoms with Crippen LogP contribution < -0.4 is 20.1 Å². The van der Waals surface area contributed by atoms with Crippen molar-refractivity contribution in [2.24, 2.45) is 0 Å². The number of amides is 2. The number of carboxylic acid groups (broad SMARTS) is 1. The number of carbonyl (C=O) groups is 2. The number of halogens is 2. The Balaban J connectivity index is 1.58. The number of nitrogens with zero attached hydrogens (tertiary/aromatic N) is 3. The first-order valence-corrected chi connectivity index (χ1v) is 12.4. The number of hydrogen-bond acceptors (Lipinski definition) is 8. The molecule has 0 saturated heterocycles. The Morgan fingerprint density at radius 1 is 1.26 bits per heavy atom. The molecule has 0 atom stereocenters. The Kier molecular flexibility index (Phi) is 8.89. The van der Waals surface area contributed by atoms with Crippen molar-refractivity contribution >= 4 is 46.5 Å². The van der Waals surface area contributed by atoms with Gasteiger partial charge in [0, 0.05) is 43.2 Å². The number of pyridine rings is 2. The van der Waals surface area contributed by atoms with E-state index in [0.717, 1.165) is 0 Å². The third kappa shape index (κ3) is 6.41. The zero-order valence-corrected chi connectivity index (χ0v) is 22.2. The van der Waals surface area contributed by atoms with E-state index in [4.69, 9.17) is 33.3 Å². The molecule has 1 aliphatic heterocycles. The van der Waals surface area contributed by atoms with Gasteiger partial charge in [-0.3, -0.25) is 14.8 Å². The van der Waals surface area contributed by atoms with Gasteiger partial charge in [0.2, 0.25) is 0 Å². The van der Waals surface area contributed by atoms with E-state index in [9.17, 15) is 19.1 Å². The minimum absolute atomic E-state index is 0.00670. The number of hydrogen-bond donors (Lipinski definition) is 3. The van der Waals surface area contributed by atoms with Crippen LogP contribution in [0.4, 0.5) is 14.9 Å². The molecule has 0 bridgehead atoms. The summed E-state index contributed by atoms with van der Waals surface area (Å²) in [5.74, 6) is -0.558. The van der Waals surface area contributed by atoms with Crippen molar-refractivity contribution in [2.45, 2.75) is 19.6 Å². The van der Waals surface area contributed by atoms with Gasteiger partial charge in [-0.25, -0.2) is 14.1 Å². The van der Waals surface area contributed by atoms with Gasteiger partial charge in [-0.1, -0.05) is 29.9 Å². The summed E-state index contributed by atoms with van der Waals surface area (Å²) in [6.45, 7) is 0.0213. The standard InChI is InChI=1S/C26H23ClFN5O5S/c1-37-23-16(27)4-2-6-19(23)32-24(39)22-18(8-11-33(25(22)34)26(35)36)31-12-15-7-10-29-13-21(15)38-14-20-17(28)5-3-9-30-20/h2-7,9-10,13,31H,8,11-12,14H2,1H3,(H,32,39)(H,35,36). The van der Waals surface area contributed by atoms with Crippen LogP contribution in [0.25, 0.3) is 0 Å². The second kappa shape index (κ2) is 12.5. The molecule has 0 spiro atoms. The molecule has 3 N–H and O–H groups in total. The first kappa shape index (κ1) is 27.7. The highest BCUT2D eigenvalue weighted by atomic mass is 35.5. The van der Waals surface area contributed by atoms with Gasteiger partial charge in [-0.2, -0.15) is 0 Å². The summed E-state index contributed by atoms with van der Waals surface area (Å²) in [5, 5.41) is 16.0. The quantitative estimate of drug-likeness (QED) is 0.315. The van der Waals surface area contributed by atoms with E-state index in [-0.39, 0.29) is 42.4 Å². The van der Waals surface area contributed by atoms with E-state index in [1.165, 1.54) is 31.6 Å². The summed E-state index contributed by atoms with van der Waals surface area (Å²) in [7, 11) is 1.44. The minimum Gasteiger partial charge on any atom is -0.493 e. The number of thiocarbonyl (C=S) groups is 1. The Morgan fingerprint density at radius 3 is 2.82 bits per heavy atom. The Bertz CT molecular complexity index is 1450. The van der Waals surface area contributed by atoms with Gasteiger partial charge >= 0.3 is 6.09 Å². The first-order chi connectivity index (χ1) is 18.8. The highest BCUT2D eigenvalue weighted by Crippen LogP contribution is 2.33. The van der Waals surface area contributed by atoms with Gasteiger partial charge in [0.05, 0.1) is 29.6 Å². The van der Waals surface area contributed by atoms with Crippen LogP contribution in [-0.4, -0.2) is 50.6 Å². The molecule has 10 nitrogen and oxygen atoms in total. The number of methoxy groups -OCH3 is 1. The number of rotatable bonds is 9. The zero-order valence-electron chi connectivity index (χ0n) is 20.6. The van der Waals surface area contributed by atoms with E-state index in [1.54, 1.807) is 30.5 Å². The molecule has 0 saturated carbocycles. The predicted octanol–water partition coefficient (Wildman–Crippen LogP) is 4.55. The molecular formula is C26H23ClFN5O5S. The Labute approximate surface area is 233 Å². The molecule has 202 valence electrons. The van der Waals surface area contributed by atoms with Gasteiger partial charge in [-0.05, 0) is 30.3 Å². The van der Waals surface area contributed by atoms with Crippen molar-refractivity contribution in [3.8, 4) is 11.5 Å². The lowest BCUT2D eigenvalue weighted by Gasteiger charge is -2.28. The highest BCUT2D eigenvalue weighted by molar-refractivity contribution is 7.81. The van der Waals surface area contributed by atoms with E-state index in [1.807, 2.05) is 0 Å². The fraction of sp³-hybridized carbons (Fsp3) is 0.192. The number of anilines is 1. The monoisotopic (exact) mass is 571 g/mol. The number of para-hydroxylation sites is 1. The maximum atomic E-state index is 14.0. The van der Waals surface area contributed by atoms with E-state index >= 15 is 0 Å². The first-order valence-electron chi connectivity index (χ1n) is 11.6. The van der Waals surface area contributed by atoms with E-state index in [0.29, 0.717) is 38.4 Å². The lowest BCUT2D eigenvalue weighted by atomic mass is 10.0. The molecule has 0 aliphatic carbocycles. The van der Waals surface area contributed by atoms with Crippen LogP contribution in [0, 0.1) is 5.82 Å². The maximum absolute atomic E-state index is 14.0. The fourth-order valence-corrected chi connectivity index (χ4v) is 4.44. The summed E-state index contributed by atoms with van der Waals surface area (Å²) < 4.78 is 25.1. The third-order valence-electron chi connectivity index (χ3n) is 5.78. The number of nitrogens with one attached hydrogen (secondary N) is 2. The van der Waals surface area contributed by atoms with Crippen molar-refractivity contribution in [3.63, 3.8) is 0 Å². The topological polar surface area (TPSA) is 126 Å². The Hall–Kier alpha value is -4.29. The number of benzene rings is 1. The second-order valence-electron chi connectivity index (χ2n) is 8.18. The van der Waals surface area contributed by atoms with Crippen LogP contribution in [0.2, 0.25) is 5.02 Å². The van der Waals surface area contributed by atoms with Gasteiger partial charge in [0.15, 0.2) is 5.75 Å². The van der Waals surface area contributed by atoms with Crippen LogP contribution in [0.5, 0.6) is 11.5 Å². The second-order valence-corrected chi connectivity index (χ2v) is 8.99. The average Bonchev–Trinajstić information content (AvgIpc) is 2.91. The smallest absolute Gasteiger partial charge is 0.414 e. The van der Waals surface area contributed by atoms with Crippen molar-refractivity contribution in [1.29, 1.82) is 0 Å². The summed E-state index contributed by atoms with van der Waals surface area (Å²) in [4.78, 5) is 33.6. The summed E-state index contributed by atoms with van der Waals surface area (Å²) >= 11 is 11.7. The molecule has 2 amide bonds. The summed E-state index contributed by atoms with van der Waals surface area (Å²) in [6, 6.07) is 9.47. The molecule has 4 rings (SSSR count). The number of imide groups is 1. The van der Waals surface area contributed by atoms with Gasteiger partial charge < -0.3 is 25.2 Å². The van der Waals surface area contributed by atoms with Crippen LogP contribution in [-0.2, 0) is 17.9 Å². The number of ether oxygens (including phenoxy) is 2. The molecule has 0 unspecified atom stereocenters. The molecule has 39 heavy (non-hydrogen) atoms. The van der Waals surface area contributed by atoms with Crippen LogP contribution in [0.3, 0.4) is 0 Å². The molecule has 3 aromatic rings. The molecule has 13 heteroatoms. The average molecular weight is 572 g/mol. The molecular weight excluding hydrogens is 549 g/mol. The Morgan fingerprint density at radius 2 is 2.08 bits per heavy atom. The number of aromatic nitrogens is 2. The predicted molar refractivity (Wildman–Crippen MR) is 145 cm³/mol. The summed E-state index contributed by atoms with van der Waals surface area (Å²) in [5.41, 5.74) is 1.65. The summed E-state index contributed by atoms with van der Waals surface area (Å²) in [6.07, 6.45) is 3.34. The van der Waals surface area contributed by atoms with Gasteiger partial charge in [-0.15, -0.1) is 0 Å². The zero-order chi connectivity index (χ0) is 27.9. The minimum atomic E-state index is -1.38. The van der Waals surface area contributed by atoms with Crippen molar-refractivity contribution < 1.29 is 28.6 Å². The fourth-order valence-electron chi connectivity index (χ4n) is 3.86. The van der Waals surface area contributed by atoms with Gasteiger partial charge in [0.25, 0.3) is 5.91 Å². The molecule has 2 aromatic heterocycles. The lowest BCUT2D eigenvalue weighted by Crippen LogP contribution is -2.45.